The van der Waals surface area contributed by atoms with E-state index in [9.17, 15) is 14.0 Å². The lowest BCUT2D eigenvalue weighted by Crippen LogP contribution is -2.48. The van der Waals surface area contributed by atoms with Crippen LogP contribution in [0.15, 0.2) is 54.6 Å². The Kier molecular flexibility index (Phi) is 7.36. The molecule has 1 fully saturated rings. The minimum Gasteiger partial charge on any atom is -0.340 e. The highest BCUT2D eigenvalue weighted by molar-refractivity contribution is 5.78. The number of hydrogen-bond acceptors (Lipinski definition) is 3. The van der Waals surface area contributed by atoms with Gasteiger partial charge in [0.15, 0.2) is 0 Å². The van der Waals surface area contributed by atoms with Crippen molar-refractivity contribution in [3.63, 3.8) is 0 Å². The van der Waals surface area contributed by atoms with Gasteiger partial charge in [-0.1, -0.05) is 48.5 Å². The zero-order chi connectivity index (χ0) is 20.6. The summed E-state index contributed by atoms with van der Waals surface area (Å²) in [6.07, 6.45) is 0.257. The Labute approximate surface area is 171 Å². The number of benzene rings is 2. The molecule has 0 radical (unpaired) electrons. The van der Waals surface area contributed by atoms with Crippen LogP contribution >= 0.6 is 0 Å². The molecule has 5 nitrogen and oxygen atoms in total. The molecule has 6 heteroatoms. The van der Waals surface area contributed by atoms with Gasteiger partial charge in [0.25, 0.3) is 0 Å². The van der Waals surface area contributed by atoms with Gasteiger partial charge in [-0.3, -0.25) is 14.5 Å². The number of piperazine rings is 1. The molecule has 2 aromatic carbocycles. The number of rotatable bonds is 7. The van der Waals surface area contributed by atoms with Crippen LogP contribution in [-0.2, 0) is 22.7 Å². The lowest BCUT2D eigenvalue weighted by molar-refractivity contribution is -0.135. The summed E-state index contributed by atoms with van der Waals surface area (Å²) >= 11 is 0. The molecule has 1 heterocycles. The van der Waals surface area contributed by atoms with Gasteiger partial charge in [-0.2, -0.15) is 0 Å². The first kappa shape index (κ1) is 21.0. The first-order valence-corrected chi connectivity index (χ1v) is 10.1. The standard InChI is InChI=1S/C23H28FN3O2/c1-19(28)27(18-21-9-5-6-10-22(21)24)12-11-23(29)26-15-13-25(14-16-26)17-20-7-3-2-4-8-20/h2-10H,11-18H2,1H3. The maximum Gasteiger partial charge on any atom is 0.224 e. The van der Waals surface area contributed by atoms with Crippen LogP contribution in [0.25, 0.3) is 0 Å². The summed E-state index contributed by atoms with van der Waals surface area (Å²) in [4.78, 5) is 30.3. The van der Waals surface area contributed by atoms with Crippen LogP contribution in [0.5, 0.6) is 0 Å². The van der Waals surface area contributed by atoms with Gasteiger partial charge in [-0.25, -0.2) is 4.39 Å². The summed E-state index contributed by atoms with van der Waals surface area (Å²) in [5.74, 6) is -0.447. The first-order valence-electron chi connectivity index (χ1n) is 10.1. The molecule has 1 aliphatic heterocycles. The monoisotopic (exact) mass is 397 g/mol. The molecule has 0 bridgehead atoms. The summed E-state index contributed by atoms with van der Waals surface area (Å²) in [5, 5.41) is 0. The Bertz CT molecular complexity index is 820. The van der Waals surface area contributed by atoms with Gasteiger partial charge in [-0.15, -0.1) is 0 Å². The van der Waals surface area contributed by atoms with E-state index in [1.54, 1.807) is 18.2 Å². The SMILES string of the molecule is CC(=O)N(CCC(=O)N1CCN(Cc2ccccc2)CC1)Cc1ccccc1F. The zero-order valence-electron chi connectivity index (χ0n) is 16.9. The second-order valence-electron chi connectivity index (χ2n) is 7.42. The van der Waals surface area contributed by atoms with Crippen LogP contribution in [0.3, 0.4) is 0 Å². The maximum absolute atomic E-state index is 13.9. The second kappa shape index (κ2) is 10.2. The number of nitrogens with zero attached hydrogens (tertiary/aromatic N) is 3. The summed E-state index contributed by atoms with van der Waals surface area (Å²) in [6, 6.07) is 16.7. The van der Waals surface area contributed by atoms with E-state index in [2.05, 4.69) is 17.0 Å². The van der Waals surface area contributed by atoms with Gasteiger partial charge in [0.1, 0.15) is 5.82 Å². The Balaban J connectivity index is 1.46. The lowest BCUT2D eigenvalue weighted by atomic mass is 10.2. The predicted molar refractivity (Wildman–Crippen MR) is 110 cm³/mol. The molecule has 2 amide bonds. The normalized spacial score (nSPS) is 14.6. The van der Waals surface area contributed by atoms with Crippen LogP contribution in [0.4, 0.5) is 4.39 Å². The van der Waals surface area contributed by atoms with Crippen molar-refractivity contribution in [1.29, 1.82) is 0 Å². The fraction of sp³-hybridized carbons (Fsp3) is 0.391. The highest BCUT2D eigenvalue weighted by atomic mass is 19.1. The quantitative estimate of drug-likeness (QED) is 0.722. The lowest BCUT2D eigenvalue weighted by Gasteiger charge is -2.35. The molecule has 0 saturated carbocycles. The smallest absolute Gasteiger partial charge is 0.224 e. The first-order chi connectivity index (χ1) is 14.0. The molecule has 1 aliphatic rings. The molecule has 2 aromatic rings. The second-order valence-corrected chi connectivity index (χ2v) is 7.42. The van der Waals surface area contributed by atoms with E-state index >= 15 is 0 Å². The van der Waals surface area contributed by atoms with E-state index in [0.29, 0.717) is 25.2 Å². The largest absolute Gasteiger partial charge is 0.340 e. The summed E-state index contributed by atoms with van der Waals surface area (Å²) in [6.45, 7) is 5.89. The van der Waals surface area contributed by atoms with Crippen molar-refractivity contribution < 1.29 is 14.0 Å². The van der Waals surface area contributed by atoms with Gasteiger partial charge in [0.05, 0.1) is 0 Å². The molecule has 0 N–H and O–H groups in total. The average Bonchev–Trinajstić information content (AvgIpc) is 2.73. The highest BCUT2D eigenvalue weighted by Crippen LogP contribution is 2.12. The number of hydrogen-bond donors (Lipinski definition) is 0. The zero-order valence-corrected chi connectivity index (χ0v) is 16.9. The fourth-order valence-electron chi connectivity index (χ4n) is 3.57. The summed E-state index contributed by atoms with van der Waals surface area (Å²) < 4.78 is 13.9. The molecule has 0 aliphatic carbocycles. The Hall–Kier alpha value is -2.73. The average molecular weight is 397 g/mol. The van der Waals surface area contributed by atoms with Crippen LogP contribution < -0.4 is 0 Å². The van der Waals surface area contributed by atoms with E-state index in [1.807, 2.05) is 23.1 Å². The van der Waals surface area contributed by atoms with Gasteiger partial charge in [0, 0.05) is 64.7 Å². The third-order valence-corrected chi connectivity index (χ3v) is 5.33. The molecule has 29 heavy (non-hydrogen) atoms. The molecular formula is C23H28FN3O2. The molecule has 3 rings (SSSR count). The molecular weight excluding hydrogens is 369 g/mol. The third-order valence-electron chi connectivity index (χ3n) is 5.33. The topological polar surface area (TPSA) is 43.9 Å². The molecule has 154 valence electrons. The summed E-state index contributed by atoms with van der Waals surface area (Å²) in [5.41, 5.74) is 1.74. The molecule has 0 atom stereocenters. The Morgan fingerprint density at radius 3 is 2.28 bits per heavy atom. The minimum atomic E-state index is -0.334. The van der Waals surface area contributed by atoms with Crippen LogP contribution in [0.2, 0.25) is 0 Å². The molecule has 0 spiro atoms. The Morgan fingerprint density at radius 2 is 1.62 bits per heavy atom. The van der Waals surface area contributed by atoms with Crippen LogP contribution in [-0.4, -0.2) is 59.2 Å². The number of halogens is 1. The number of amides is 2. The molecule has 0 aromatic heterocycles. The van der Waals surface area contributed by atoms with E-state index in [0.717, 1.165) is 19.6 Å². The molecule has 0 unspecified atom stereocenters. The third kappa shape index (κ3) is 6.12. The number of carbonyl (C=O) groups is 2. The van der Waals surface area contributed by atoms with Crippen LogP contribution in [0.1, 0.15) is 24.5 Å². The summed E-state index contributed by atoms with van der Waals surface area (Å²) in [7, 11) is 0. The van der Waals surface area contributed by atoms with Gasteiger partial charge < -0.3 is 9.80 Å². The van der Waals surface area contributed by atoms with E-state index in [4.69, 9.17) is 0 Å². The predicted octanol–water partition coefficient (Wildman–Crippen LogP) is 2.91. The van der Waals surface area contributed by atoms with Crippen molar-refractivity contribution in [2.45, 2.75) is 26.4 Å². The van der Waals surface area contributed by atoms with E-state index in [1.165, 1.54) is 23.5 Å². The minimum absolute atomic E-state index is 0.0455. The van der Waals surface area contributed by atoms with Crippen molar-refractivity contribution in [1.82, 2.24) is 14.7 Å². The van der Waals surface area contributed by atoms with Gasteiger partial charge >= 0.3 is 0 Å². The van der Waals surface area contributed by atoms with Crippen molar-refractivity contribution in [2.75, 3.05) is 32.7 Å². The molecule has 1 saturated heterocycles. The fourth-order valence-corrected chi connectivity index (χ4v) is 3.57. The number of carbonyl (C=O) groups excluding carboxylic acids is 2. The highest BCUT2D eigenvalue weighted by Gasteiger charge is 2.22. The van der Waals surface area contributed by atoms with Crippen molar-refractivity contribution >= 4 is 11.8 Å². The van der Waals surface area contributed by atoms with Crippen molar-refractivity contribution in [2.24, 2.45) is 0 Å². The van der Waals surface area contributed by atoms with Crippen molar-refractivity contribution in [3.05, 3.63) is 71.5 Å². The van der Waals surface area contributed by atoms with E-state index < -0.39 is 0 Å². The maximum atomic E-state index is 13.9. The Morgan fingerprint density at radius 1 is 0.966 bits per heavy atom. The van der Waals surface area contributed by atoms with Gasteiger partial charge in [0.2, 0.25) is 11.8 Å². The van der Waals surface area contributed by atoms with Crippen molar-refractivity contribution in [3.8, 4) is 0 Å². The van der Waals surface area contributed by atoms with Crippen LogP contribution in [0, 0.1) is 5.82 Å². The van der Waals surface area contributed by atoms with Gasteiger partial charge in [-0.05, 0) is 11.6 Å². The van der Waals surface area contributed by atoms with E-state index in [-0.39, 0.29) is 30.6 Å².